The van der Waals surface area contributed by atoms with E-state index in [0.717, 1.165) is 10.8 Å². The van der Waals surface area contributed by atoms with Crippen LogP contribution in [-0.4, -0.2) is 28.2 Å². The van der Waals surface area contributed by atoms with Crippen LogP contribution in [0.2, 0.25) is 0 Å². The van der Waals surface area contributed by atoms with Crippen LogP contribution in [0.5, 0.6) is 0 Å². The number of nitrogens with one attached hydrogen (secondary N) is 2. The highest BCUT2D eigenvalue weighted by Gasteiger charge is 2.15. The molecule has 0 spiro atoms. The average Bonchev–Trinajstić information content (AvgIpc) is 2.23. The van der Waals surface area contributed by atoms with E-state index < -0.39 is 23.2 Å². The van der Waals surface area contributed by atoms with Gasteiger partial charge in [-0.25, -0.2) is 9.59 Å². The van der Waals surface area contributed by atoms with E-state index in [2.05, 4.69) is 4.74 Å². The molecule has 2 amide bonds. The fraction of sp³-hybridized carbons (Fsp3) is 0.333. The average molecular weight is 241 g/mol. The molecule has 0 saturated heterocycles. The monoisotopic (exact) mass is 241 g/mol. The molecule has 1 rings (SSSR count). The van der Waals surface area contributed by atoms with Gasteiger partial charge in [0.05, 0.1) is 6.61 Å². The molecule has 0 aliphatic heterocycles. The van der Waals surface area contributed by atoms with Gasteiger partial charge in [0.15, 0.2) is 0 Å². The van der Waals surface area contributed by atoms with Crippen LogP contribution in [0.1, 0.15) is 17.3 Å². The molecule has 0 aliphatic rings. The minimum absolute atomic E-state index is 0.0999. The van der Waals surface area contributed by atoms with E-state index in [0.29, 0.717) is 0 Å². The molecule has 17 heavy (non-hydrogen) atoms. The summed E-state index contributed by atoms with van der Waals surface area (Å²) in [7, 11) is 1.36. The normalized spacial score (nSPS) is 9.76. The molecule has 8 heteroatoms. The number of imide groups is 1. The van der Waals surface area contributed by atoms with Gasteiger partial charge < -0.3 is 9.30 Å². The van der Waals surface area contributed by atoms with Gasteiger partial charge in [-0.2, -0.15) is 0 Å². The smallest absolute Gasteiger partial charge is 0.414 e. The van der Waals surface area contributed by atoms with Crippen LogP contribution in [0.4, 0.5) is 4.79 Å². The number of amides is 2. The number of aromatic nitrogens is 2. The molecule has 2 N–H and O–H groups in total. The Bertz CT molecular complexity index is 556. The molecule has 92 valence electrons. The molecule has 0 radical (unpaired) electrons. The van der Waals surface area contributed by atoms with Crippen molar-refractivity contribution in [2.75, 3.05) is 6.61 Å². The molecule has 1 aromatic heterocycles. The molecule has 0 saturated carbocycles. The van der Waals surface area contributed by atoms with E-state index in [1.54, 1.807) is 6.92 Å². The summed E-state index contributed by atoms with van der Waals surface area (Å²) < 4.78 is 5.49. The number of H-pyrrole nitrogens is 1. The Balaban J connectivity index is 2.98. The van der Waals surface area contributed by atoms with E-state index in [1.807, 2.05) is 10.3 Å². The zero-order valence-electron chi connectivity index (χ0n) is 9.27. The molecular formula is C9H11N3O5. The number of aryl methyl sites for hydroxylation is 1. The number of nitrogens with zero attached hydrogens (tertiary/aromatic N) is 1. The van der Waals surface area contributed by atoms with Gasteiger partial charge in [-0.3, -0.25) is 19.9 Å². The van der Waals surface area contributed by atoms with Crippen molar-refractivity contribution in [3.05, 3.63) is 32.6 Å². The van der Waals surface area contributed by atoms with Crippen LogP contribution >= 0.6 is 0 Å². The first kappa shape index (κ1) is 12.7. The van der Waals surface area contributed by atoms with E-state index in [-0.39, 0.29) is 12.2 Å². The summed E-state index contributed by atoms with van der Waals surface area (Å²) in [5.74, 6) is -0.930. The lowest BCUT2D eigenvalue weighted by atomic mass is 10.3. The molecule has 0 unspecified atom stereocenters. The fourth-order valence-corrected chi connectivity index (χ4v) is 1.05. The van der Waals surface area contributed by atoms with Crippen molar-refractivity contribution in [2.24, 2.45) is 7.05 Å². The van der Waals surface area contributed by atoms with Gasteiger partial charge in [0.1, 0.15) is 5.56 Å². The minimum Gasteiger partial charge on any atom is -0.450 e. The Kier molecular flexibility index (Phi) is 3.81. The van der Waals surface area contributed by atoms with Crippen LogP contribution in [0.15, 0.2) is 15.8 Å². The van der Waals surface area contributed by atoms with Crippen molar-refractivity contribution in [1.29, 1.82) is 0 Å². The fourth-order valence-electron chi connectivity index (χ4n) is 1.05. The van der Waals surface area contributed by atoms with Crippen LogP contribution in [0.3, 0.4) is 0 Å². The maximum atomic E-state index is 11.5. The third-order valence-electron chi connectivity index (χ3n) is 1.84. The summed E-state index contributed by atoms with van der Waals surface area (Å²) >= 11 is 0. The van der Waals surface area contributed by atoms with Crippen molar-refractivity contribution in [3.8, 4) is 0 Å². The van der Waals surface area contributed by atoms with Crippen LogP contribution in [0.25, 0.3) is 0 Å². The summed E-state index contributed by atoms with van der Waals surface area (Å²) in [6, 6.07) is 0. The lowest BCUT2D eigenvalue weighted by Crippen LogP contribution is -2.38. The summed E-state index contributed by atoms with van der Waals surface area (Å²) in [5, 5.41) is 1.85. The largest absolute Gasteiger partial charge is 0.450 e. The number of aromatic amines is 1. The Hall–Kier alpha value is -2.38. The zero-order valence-corrected chi connectivity index (χ0v) is 9.27. The summed E-state index contributed by atoms with van der Waals surface area (Å²) in [4.78, 5) is 46.7. The van der Waals surface area contributed by atoms with Crippen molar-refractivity contribution in [3.63, 3.8) is 0 Å². The summed E-state index contributed by atoms with van der Waals surface area (Å²) in [6.45, 7) is 1.67. The van der Waals surface area contributed by atoms with Crippen molar-refractivity contribution in [2.45, 2.75) is 6.92 Å². The van der Waals surface area contributed by atoms with Gasteiger partial charge in [-0.05, 0) is 6.92 Å². The highest BCUT2D eigenvalue weighted by Crippen LogP contribution is 1.88. The summed E-state index contributed by atoms with van der Waals surface area (Å²) in [5.41, 5.74) is -1.86. The second kappa shape index (κ2) is 5.10. The van der Waals surface area contributed by atoms with Crippen LogP contribution < -0.4 is 16.6 Å². The number of hydrogen-bond donors (Lipinski definition) is 2. The Morgan fingerprint density at radius 1 is 1.47 bits per heavy atom. The first-order chi connectivity index (χ1) is 7.95. The number of carbonyl (C=O) groups is 2. The number of carbonyl (C=O) groups excluding carboxylic acids is 2. The predicted octanol–water partition coefficient (Wildman–Crippen LogP) is -1.04. The number of ether oxygens (including phenoxy) is 1. The lowest BCUT2D eigenvalue weighted by Gasteiger charge is -2.04. The van der Waals surface area contributed by atoms with Gasteiger partial charge >= 0.3 is 11.8 Å². The second-order valence-corrected chi connectivity index (χ2v) is 3.09. The van der Waals surface area contributed by atoms with Crippen LogP contribution in [0, 0.1) is 0 Å². The van der Waals surface area contributed by atoms with Crippen molar-refractivity contribution < 1.29 is 14.3 Å². The third-order valence-corrected chi connectivity index (χ3v) is 1.84. The first-order valence-corrected chi connectivity index (χ1v) is 4.73. The minimum atomic E-state index is -0.953. The van der Waals surface area contributed by atoms with Crippen molar-refractivity contribution >= 4 is 12.0 Å². The highest BCUT2D eigenvalue weighted by atomic mass is 16.5. The number of alkyl carbamates (subject to hydrolysis) is 1. The number of hydrogen-bond acceptors (Lipinski definition) is 5. The quantitative estimate of drug-likeness (QED) is 0.687. The van der Waals surface area contributed by atoms with Gasteiger partial charge in [-0.1, -0.05) is 0 Å². The highest BCUT2D eigenvalue weighted by molar-refractivity contribution is 6.02. The molecule has 8 nitrogen and oxygen atoms in total. The Morgan fingerprint density at radius 3 is 2.71 bits per heavy atom. The maximum Gasteiger partial charge on any atom is 0.414 e. The Labute approximate surface area is 95.2 Å². The third kappa shape index (κ3) is 3.03. The zero-order chi connectivity index (χ0) is 13.0. The molecule has 0 atom stereocenters. The molecular weight excluding hydrogens is 230 g/mol. The SMILES string of the molecule is CCOC(=O)NC(=O)c1cn(C)c(=O)[nH]c1=O. The molecule has 1 aromatic rings. The second-order valence-electron chi connectivity index (χ2n) is 3.09. The van der Waals surface area contributed by atoms with E-state index in [1.165, 1.54) is 7.05 Å². The molecule has 0 bridgehead atoms. The standard InChI is InChI=1S/C9H11N3O5/c1-3-17-9(16)11-7(14)5-4-12(2)8(15)10-6(5)13/h4H,3H2,1-2H3,(H,10,13,15)(H,11,14,16). The van der Waals surface area contributed by atoms with Crippen molar-refractivity contribution in [1.82, 2.24) is 14.9 Å². The molecule has 0 aliphatic carbocycles. The van der Waals surface area contributed by atoms with Gasteiger partial charge in [0.2, 0.25) is 0 Å². The first-order valence-electron chi connectivity index (χ1n) is 4.73. The number of rotatable bonds is 2. The molecule has 1 heterocycles. The van der Waals surface area contributed by atoms with Gasteiger partial charge in [0.25, 0.3) is 11.5 Å². The predicted molar refractivity (Wildman–Crippen MR) is 56.8 cm³/mol. The van der Waals surface area contributed by atoms with E-state index in [9.17, 15) is 19.2 Å². The molecule has 0 aromatic carbocycles. The topological polar surface area (TPSA) is 110 Å². The van der Waals surface area contributed by atoms with Crippen LogP contribution in [-0.2, 0) is 11.8 Å². The Morgan fingerprint density at radius 2 is 2.12 bits per heavy atom. The molecule has 0 fully saturated rings. The van der Waals surface area contributed by atoms with E-state index >= 15 is 0 Å². The maximum absolute atomic E-state index is 11.5. The van der Waals surface area contributed by atoms with E-state index in [4.69, 9.17) is 0 Å². The van der Waals surface area contributed by atoms with Gasteiger partial charge in [-0.15, -0.1) is 0 Å². The summed E-state index contributed by atoms with van der Waals surface area (Å²) in [6.07, 6.45) is 0.0844. The van der Waals surface area contributed by atoms with Gasteiger partial charge in [0, 0.05) is 13.2 Å². The lowest BCUT2D eigenvalue weighted by molar-refractivity contribution is 0.0922.